The molecule has 0 radical (unpaired) electrons. The van der Waals surface area contributed by atoms with Crippen molar-refractivity contribution in [2.24, 2.45) is 29.6 Å². The number of Topliss-reactive ketones (excluding diaryl/α,β-unsaturated/α-hetero) is 3. The average molecular weight is 480 g/mol. The van der Waals surface area contributed by atoms with Crippen LogP contribution in [-0.2, 0) is 23.9 Å². The second-order valence-electron chi connectivity index (χ2n) is 9.91. The predicted molar refractivity (Wildman–Crippen MR) is 126 cm³/mol. The van der Waals surface area contributed by atoms with E-state index in [1.807, 2.05) is 0 Å². The number of carbonyl (C=O) groups excluding carboxylic acids is 4. The van der Waals surface area contributed by atoms with Crippen LogP contribution in [0.5, 0.6) is 0 Å². The number of amides is 1. The van der Waals surface area contributed by atoms with Crippen LogP contribution in [0.3, 0.4) is 0 Å². The summed E-state index contributed by atoms with van der Waals surface area (Å²) in [6.45, 7) is 1.44. The van der Waals surface area contributed by atoms with Crippen molar-refractivity contribution in [1.82, 2.24) is 5.32 Å². The number of hydrogen-bond donors (Lipinski definition) is 2. The molecule has 3 fully saturated rings. The molecule has 6 atom stereocenters. The minimum absolute atomic E-state index is 0.0825. The zero-order valence-electron chi connectivity index (χ0n) is 20.0. The number of rotatable bonds is 5. The highest BCUT2D eigenvalue weighted by atomic mass is 16.5. The van der Waals surface area contributed by atoms with E-state index in [2.05, 4.69) is 5.32 Å². The molecule has 0 saturated heterocycles. The van der Waals surface area contributed by atoms with Gasteiger partial charge in [-0.3, -0.25) is 24.6 Å². The zero-order chi connectivity index (χ0) is 25.3. The average Bonchev–Trinajstić information content (AvgIpc) is 3.22. The SMILES string of the molecule is COC(=N)C1CCC2C(=O)C(C=CC=CC=C3C(=O)C4CCC(NC(C)=O)CC4C3=O)=C([O-])C2C1. The van der Waals surface area contributed by atoms with E-state index in [1.165, 1.54) is 26.2 Å². The first-order valence-corrected chi connectivity index (χ1v) is 12.2. The Labute approximate surface area is 204 Å². The molecule has 0 aromatic carbocycles. The Kier molecular flexibility index (Phi) is 7.19. The van der Waals surface area contributed by atoms with E-state index < -0.39 is 5.92 Å². The van der Waals surface area contributed by atoms with Crippen molar-refractivity contribution < 1.29 is 29.0 Å². The summed E-state index contributed by atoms with van der Waals surface area (Å²) in [5, 5.41) is 23.6. The molecule has 35 heavy (non-hydrogen) atoms. The number of ketones is 3. The van der Waals surface area contributed by atoms with Crippen LogP contribution in [0, 0.1) is 35.0 Å². The van der Waals surface area contributed by atoms with Gasteiger partial charge in [0, 0.05) is 42.2 Å². The molecule has 0 aromatic rings. The summed E-state index contributed by atoms with van der Waals surface area (Å²) in [5.74, 6) is -2.21. The Bertz CT molecular complexity index is 1080. The van der Waals surface area contributed by atoms with Crippen LogP contribution in [-0.4, -0.2) is 42.3 Å². The molecule has 0 aliphatic heterocycles. The highest BCUT2D eigenvalue weighted by molar-refractivity contribution is 6.27. The van der Waals surface area contributed by atoms with Crippen LogP contribution in [0.2, 0.25) is 0 Å². The third-order valence-corrected chi connectivity index (χ3v) is 7.86. The van der Waals surface area contributed by atoms with Gasteiger partial charge in [0.15, 0.2) is 23.2 Å². The standard InChI is InChI=1S/C27H32N2O6/c1-14(30)29-16-9-11-18-22(13-16)26(34)20(24(18)32)7-5-3-4-6-19-23(31)17-10-8-15(27(28)35-2)12-21(17)25(19)33/h3-7,15-18,21-22,28,33H,8-13H2,1-2H3,(H,29,30)/p-1. The number of hydrogen-bond acceptors (Lipinski definition) is 7. The van der Waals surface area contributed by atoms with Crippen molar-refractivity contribution in [3.8, 4) is 0 Å². The van der Waals surface area contributed by atoms with Gasteiger partial charge in [-0.05, 0) is 50.5 Å². The number of carbonyl (C=O) groups is 4. The van der Waals surface area contributed by atoms with Crippen LogP contribution in [0.25, 0.3) is 0 Å². The van der Waals surface area contributed by atoms with E-state index in [-0.39, 0.29) is 75.8 Å². The molecule has 8 nitrogen and oxygen atoms in total. The molecule has 0 heterocycles. The van der Waals surface area contributed by atoms with Crippen LogP contribution >= 0.6 is 0 Å². The van der Waals surface area contributed by atoms with Gasteiger partial charge in [0.25, 0.3) is 0 Å². The number of methoxy groups -OCH3 is 1. The van der Waals surface area contributed by atoms with Gasteiger partial charge < -0.3 is 15.2 Å². The fourth-order valence-corrected chi connectivity index (χ4v) is 6.11. The number of allylic oxidation sites excluding steroid dienone is 8. The summed E-state index contributed by atoms with van der Waals surface area (Å²) < 4.78 is 5.01. The molecule has 6 unspecified atom stereocenters. The van der Waals surface area contributed by atoms with Gasteiger partial charge >= 0.3 is 0 Å². The molecular formula is C27H31N2O6-. The number of ether oxygens (including phenoxy) is 1. The molecule has 0 spiro atoms. The first-order chi connectivity index (χ1) is 16.7. The molecule has 186 valence electrons. The van der Waals surface area contributed by atoms with Crippen LogP contribution in [0.4, 0.5) is 0 Å². The van der Waals surface area contributed by atoms with Crippen LogP contribution < -0.4 is 10.4 Å². The van der Waals surface area contributed by atoms with E-state index in [0.29, 0.717) is 38.5 Å². The van der Waals surface area contributed by atoms with Crippen molar-refractivity contribution in [1.29, 1.82) is 5.41 Å². The van der Waals surface area contributed by atoms with Gasteiger partial charge in [0.1, 0.15) is 0 Å². The fourth-order valence-electron chi connectivity index (χ4n) is 6.11. The van der Waals surface area contributed by atoms with Gasteiger partial charge in [-0.1, -0.05) is 24.3 Å². The van der Waals surface area contributed by atoms with Gasteiger partial charge in [-0.2, -0.15) is 0 Å². The maximum Gasteiger partial charge on any atom is 0.217 e. The first kappa shape index (κ1) is 24.8. The lowest BCUT2D eigenvalue weighted by Crippen LogP contribution is -2.40. The fraction of sp³-hybridized carbons (Fsp3) is 0.519. The number of fused-ring (bicyclic) bond motifs is 2. The normalized spacial score (nSPS) is 34.1. The molecule has 0 bridgehead atoms. The molecule has 1 amide bonds. The maximum absolute atomic E-state index is 12.8. The molecule has 3 saturated carbocycles. The highest BCUT2D eigenvalue weighted by Crippen LogP contribution is 2.44. The Morgan fingerprint density at radius 2 is 1.63 bits per heavy atom. The monoisotopic (exact) mass is 479 g/mol. The zero-order valence-corrected chi connectivity index (χ0v) is 20.0. The molecule has 4 rings (SSSR count). The van der Waals surface area contributed by atoms with Crippen molar-refractivity contribution in [3.05, 3.63) is 47.3 Å². The van der Waals surface area contributed by atoms with E-state index >= 15 is 0 Å². The summed E-state index contributed by atoms with van der Waals surface area (Å²) in [4.78, 5) is 49.6. The second kappa shape index (κ2) is 10.1. The van der Waals surface area contributed by atoms with E-state index in [4.69, 9.17) is 10.1 Å². The molecule has 2 N–H and O–H groups in total. The smallest absolute Gasteiger partial charge is 0.217 e. The molecule has 8 heteroatoms. The van der Waals surface area contributed by atoms with Crippen LogP contribution in [0.15, 0.2) is 47.3 Å². The molecule has 4 aliphatic carbocycles. The maximum atomic E-state index is 12.8. The van der Waals surface area contributed by atoms with Crippen LogP contribution in [0.1, 0.15) is 45.4 Å². The van der Waals surface area contributed by atoms with Crippen molar-refractivity contribution in [2.75, 3.05) is 7.11 Å². The Morgan fingerprint density at radius 1 is 0.943 bits per heavy atom. The summed E-state index contributed by atoms with van der Waals surface area (Å²) in [6, 6.07) is -0.0825. The largest absolute Gasteiger partial charge is 0.875 e. The molecular weight excluding hydrogens is 448 g/mol. The van der Waals surface area contributed by atoms with E-state index in [9.17, 15) is 24.3 Å². The topological polar surface area (TPSA) is 136 Å². The van der Waals surface area contributed by atoms with Gasteiger partial charge in [0.05, 0.1) is 12.7 Å². The highest BCUT2D eigenvalue weighted by Gasteiger charge is 2.48. The lowest BCUT2D eigenvalue weighted by atomic mass is 9.74. The van der Waals surface area contributed by atoms with E-state index in [1.54, 1.807) is 18.2 Å². The minimum Gasteiger partial charge on any atom is -0.875 e. The third kappa shape index (κ3) is 4.79. The Hall–Kier alpha value is -3.29. The first-order valence-electron chi connectivity index (χ1n) is 12.2. The van der Waals surface area contributed by atoms with Gasteiger partial charge in [-0.15, -0.1) is 5.76 Å². The molecule has 4 aliphatic rings. The lowest BCUT2D eigenvalue weighted by Gasteiger charge is -2.34. The second-order valence-corrected chi connectivity index (χ2v) is 9.91. The summed E-state index contributed by atoms with van der Waals surface area (Å²) >= 11 is 0. The van der Waals surface area contributed by atoms with Crippen molar-refractivity contribution >= 4 is 29.2 Å². The van der Waals surface area contributed by atoms with Crippen molar-refractivity contribution in [2.45, 2.75) is 51.5 Å². The number of nitrogens with one attached hydrogen (secondary N) is 2. The Balaban J connectivity index is 1.41. The predicted octanol–water partition coefficient (Wildman–Crippen LogP) is 1.95. The van der Waals surface area contributed by atoms with Gasteiger partial charge in [-0.25, -0.2) is 0 Å². The van der Waals surface area contributed by atoms with Gasteiger partial charge in [0.2, 0.25) is 5.91 Å². The summed E-state index contributed by atoms with van der Waals surface area (Å²) in [6.07, 6.45) is 11.2. The summed E-state index contributed by atoms with van der Waals surface area (Å²) in [7, 11) is 1.45. The third-order valence-electron chi connectivity index (χ3n) is 7.86. The molecule has 0 aromatic heterocycles. The Morgan fingerprint density at radius 3 is 2.34 bits per heavy atom. The van der Waals surface area contributed by atoms with Crippen molar-refractivity contribution in [3.63, 3.8) is 0 Å². The lowest BCUT2D eigenvalue weighted by molar-refractivity contribution is -0.317. The minimum atomic E-state index is -0.402. The van der Waals surface area contributed by atoms with E-state index in [0.717, 1.165) is 0 Å². The quantitative estimate of drug-likeness (QED) is 0.203. The summed E-state index contributed by atoms with van der Waals surface area (Å²) in [5.41, 5.74) is 0.344.